The van der Waals surface area contributed by atoms with Crippen LogP contribution in [0.15, 0.2) is 18.2 Å². The number of benzene rings is 1. The number of carbonyl (C=O) groups excluding carboxylic acids is 1. The third-order valence-corrected chi connectivity index (χ3v) is 5.85. The Kier molecular flexibility index (Phi) is 5.86. The summed E-state index contributed by atoms with van der Waals surface area (Å²) in [7, 11) is 0. The molecule has 1 aliphatic carbocycles. The van der Waals surface area contributed by atoms with E-state index in [1.807, 2.05) is 12.1 Å². The Morgan fingerprint density at radius 1 is 1.08 bits per heavy atom. The molecule has 2 fully saturated rings. The van der Waals surface area contributed by atoms with Crippen LogP contribution >= 0.6 is 0 Å². The molecular formula is C21H32FN3O. The molecule has 0 spiro atoms. The molecule has 0 atom stereocenters. The maximum Gasteiger partial charge on any atom is 0.146 e. The molecule has 1 saturated carbocycles. The summed E-state index contributed by atoms with van der Waals surface area (Å²) in [4.78, 5) is 15.5. The van der Waals surface area contributed by atoms with Crippen molar-refractivity contribution < 1.29 is 9.18 Å². The van der Waals surface area contributed by atoms with Crippen LogP contribution in [0, 0.1) is 11.7 Å². The first-order valence-electron chi connectivity index (χ1n) is 9.88. The standard InChI is InChI=1S/C21H32FN3O/c1-21(2,3)25-12-10-24(11-13-25)20-14-18(8-9-19(20)22)23-17-6-4-16(15-26)5-7-17/h8-9,14-17,23H,4-7,10-13H2,1-3H3. The second-order valence-electron chi connectivity index (χ2n) is 8.70. The van der Waals surface area contributed by atoms with E-state index >= 15 is 0 Å². The van der Waals surface area contributed by atoms with Gasteiger partial charge in [0.1, 0.15) is 12.1 Å². The number of rotatable bonds is 4. The number of hydrogen-bond acceptors (Lipinski definition) is 4. The van der Waals surface area contributed by atoms with Gasteiger partial charge in [0.25, 0.3) is 0 Å². The Hall–Kier alpha value is -1.62. The summed E-state index contributed by atoms with van der Waals surface area (Å²) in [6, 6.07) is 5.73. The Morgan fingerprint density at radius 3 is 2.31 bits per heavy atom. The predicted octanol–water partition coefficient (Wildman–Crippen LogP) is 3.92. The molecule has 3 rings (SSSR count). The van der Waals surface area contributed by atoms with Crippen molar-refractivity contribution in [1.29, 1.82) is 0 Å². The van der Waals surface area contributed by atoms with Gasteiger partial charge in [0.2, 0.25) is 0 Å². The van der Waals surface area contributed by atoms with Crippen molar-refractivity contribution in [3.8, 4) is 0 Å². The number of nitrogens with one attached hydrogen (secondary N) is 1. The van der Waals surface area contributed by atoms with E-state index in [4.69, 9.17) is 0 Å². The van der Waals surface area contributed by atoms with E-state index in [1.54, 1.807) is 6.07 Å². The summed E-state index contributed by atoms with van der Waals surface area (Å²) < 4.78 is 14.4. The quantitative estimate of drug-likeness (QED) is 0.825. The van der Waals surface area contributed by atoms with Gasteiger partial charge in [0.15, 0.2) is 0 Å². The lowest BCUT2D eigenvalue weighted by atomic mass is 9.87. The molecule has 1 saturated heterocycles. The van der Waals surface area contributed by atoms with Crippen LogP contribution in [0.25, 0.3) is 0 Å². The first-order valence-corrected chi connectivity index (χ1v) is 9.88. The lowest BCUT2D eigenvalue weighted by Crippen LogP contribution is -2.53. The number of aldehydes is 1. The van der Waals surface area contributed by atoms with Gasteiger partial charge in [-0.3, -0.25) is 4.90 Å². The molecule has 0 bridgehead atoms. The monoisotopic (exact) mass is 361 g/mol. The Morgan fingerprint density at radius 2 is 1.73 bits per heavy atom. The van der Waals surface area contributed by atoms with Gasteiger partial charge >= 0.3 is 0 Å². The third kappa shape index (κ3) is 4.56. The Balaban J connectivity index is 1.62. The molecule has 2 aliphatic rings. The van der Waals surface area contributed by atoms with E-state index in [0.29, 0.717) is 11.7 Å². The summed E-state index contributed by atoms with van der Waals surface area (Å²) >= 11 is 0. The van der Waals surface area contributed by atoms with Crippen LogP contribution in [-0.4, -0.2) is 48.9 Å². The van der Waals surface area contributed by atoms with Crippen LogP contribution < -0.4 is 10.2 Å². The van der Waals surface area contributed by atoms with E-state index in [2.05, 4.69) is 35.9 Å². The number of hydrogen-bond donors (Lipinski definition) is 1. The second-order valence-corrected chi connectivity index (χ2v) is 8.70. The zero-order valence-corrected chi connectivity index (χ0v) is 16.3. The van der Waals surface area contributed by atoms with Gasteiger partial charge in [0.05, 0.1) is 5.69 Å². The normalized spacial score (nSPS) is 25.2. The summed E-state index contributed by atoms with van der Waals surface area (Å²) in [5, 5.41) is 3.55. The van der Waals surface area contributed by atoms with Crippen LogP contribution in [0.1, 0.15) is 46.5 Å². The molecule has 1 N–H and O–H groups in total. The lowest BCUT2D eigenvalue weighted by molar-refractivity contribution is -0.111. The smallest absolute Gasteiger partial charge is 0.146 e. The molecule has 0 aromatic heterocycles. The Labute approximate surface area is 156 Å². The molecule has 0 amide bonds. The molecule has 5 heteroatoms. The minimum absolute atomic E-state index is 0.149. The first-order chi connectivity index (χ1) is 12.4. The topological polar surface area (TPSA) is 35.6 Å². The van der Waals surface area contributed by atoms with E-state index < -0.39 is 0 Å². The van der Waals surface area contributed by atoms with E-state index in [1.165, 1.54) is 0 Å². The zero-order valence-electron chi connectivity index (χ0n) is 16.3. The van der Waals surface area contributed by atoms with Crippen LogP contribution in [0.3, 0.4) is 0 Å². The maximum atomic E-state index is 14.4. The van der Waals surface area contributed by atoms with Gasteiger partial charge in [0, 0.05) is 49.4 Å². The summed E-state index contributed by atoms with van der Waals surface area (Å²) in [6.45, 7) is 10.3. The average molecular weight is 362 g/mol. The van der Waals surface area contributed by atoms with Gasteiger partial charge in [-0.1, -0.05) is 0 Å². The SMILES string of the molecule is CC(C)(C)N1CCN(c2cc(NC3CCC(C=O)CC3)ccc2F)CC1. The van der Waals surface area contributed by atoms with Gasteiger partial charge in [-0.05, 0) is 64.7 Å². The highest BCUT2D eigenvalue weighted by Gasteiger charge is 2.27. The molecular weight excluding hydrogens is 329 g/mol. The molecule has 1 aromatic carbocycles. The summed E-state index contributed by atoms with van der Waals surface area (Å²) in [5.41, 5.74) is 1.84. The number of carbonyl (C=O) groups is 1. The molecule has 1 heterocycles. The van der Waals surface area contributed by atoms with Crippen molar-refractivity contribution in [1.82, 2.24) is 4.90 Å². The van der Waals surface area contributed by atoms with Crippen LogP contribution in [0.2, 0.25) is 0 Å². The molecule has 1 aromatic rings. The van der Waals surface area contributed by atoms with Crippen molar-refractivity contribution in [2.75, 3.05) is 36.4 Å². The molecule has 4 nitrogen and oxygen atoms in total. The highest BCUT2D eigenvalue weighted by molar-refractivity contribution is 5.60. The minimum Gasteiger partial charge on any atom is -0.382 e. The first kappa shape index (κ1) is 19.2. The largest absolute Gasteiger partial charge is 0.382 e. The van der Waals surface area contributed by atoms with Gasteiger partial charge < -0.3 is 15.0 Å². The summed E-state index contributed by atoms with van der Waals surface area (Å²) in [5.74, 6) is 0.0698. The molecule has 0 radical (unpaired) electrons. The third-order valence-electron chi connectivity index (χ3n) is 5.85. The van der Waals surface area contributed by atoms with Gasteiger partial charge in [-0.2, -0.15) is 0 Å². The number of nitrogens with zero attached hydrogens (tertiary/aromatic N) is 2. The fourth-order valence-electron chi connectivity index (χ4n) is 4.10. The average Bonchev–Trinajstić information content (AvgIpc) is 2.63. The van der Waals surface area contributed by atoms with Crippen LogP contribution in [-0.2, 0) is 4.79 Å². The van der Waals surface area contributed by atoms with E-state index in [-0.39, 0.29) is 17.3 Å². The van der Waals surface area contributed by atoms with Crippen molar-refractivity contribution in [3.05, 3.63) is 24.0 Å². The van der Waals surface area contributed by atoms with E-state index in [9.17, 15) is 9.18 Å². The maximum absolute atomic E-state index is 14.4. The second kappa shape index (κ2) is 7.95. The minimum atomic E-state index is -0.149. The highest BCUT2D eigenvalue weighted by Crippen LogP contribution is 2.29. The predicted molar refractivity (Wildman–Crippen MR) is 105 cm³/mol. The van der Waals surface area contributed by atoms with Crippen LogP contribution in [0.4, 0.5) is 15.8 Å². The van der Waals surface area contributed by atoms with Crippen molar-refractivity contribution in [3.63, 3.8) is 0 Å². The number of anilines is 2. The lowest BCUT2D eigenvalue weighted by Gasteiger charge is -2.43. The molecule has 26 heavy (non-hydrogen) atoms. The fraction of sp³-hybridized carbons (Fsp3) is 0.667. The zero-order chi connectivity index (χ0) is 18.7. The summed E-state index contributed by atoms with van der Waals surface area (Å²) in [6.07, 6.45) is 4.98. The van der Waals surface area contributed by atoms with Crippen molar-refractivity contribution >= 4 is 17.7 Å². The highest BCUT2D eigenvalue weighted by atomic mass is 19.1. The van der Waals surface area contributed by atoms with Gasteiger partial charge in [-0.15, -0.1) is 0 Å². The van der Waals surface area contributed by atoms with Crippen LogP contribution in [0.5, 0.6) is 0 Å². The number of piperazine rings is 1. The van der Waals surface area contributed by atoms with E-state index in [0.717, 1.165) is 63.8 Å². The number of halogens is 1. The van der Waals surface area contributed by atoms with Crippen molar-refractivity contribution in [2.45, 2.75) is 58.0 Å². The fourth-order valence-corrected chi connectivity index (χ4v) is 4.10. The Bertz CT molecular complexity index is 612. The molecule has 0 unspecified atom stereocenters. The van der Waals surface area contributed by atoms with Crippen molar-refractivity contribution in [2.24, 2.45) is 5.92 Å². The molecule has 144 valence electrons. The molecule has 1 aliphatic heterocycles. The van der Waals surface area contributed by atoms with Gasteiger partial charge in [-0.25, -0.2) is 4.39 Å².